The van der Waals surface area contributed by atoms with Gasteiger partial charge in [-0.05, 0) is 55.4 Å². The van der Waals surface area contributed by atoms with E-state index < -0.39 is 60.1 Å². The minimum atomic E-state index is -2.58. The van der Waals surface area contributed by atoms with Crippen molar-refractivity contribution in [1.29, 1.82) is 0 Å². The molecule has 0 fully saturated rings. The molecular weight excluding hydrogens is 344 g/mol. The van der Waals surface area contributed by atoms with Gasteiger partial charge in [0.15, 0.2) is 0 Å². The maximum atomic E-state index is 12.7. The first-order valence-corrected chi connectivity index (χ1v) is 8.65. The van der Waals surface area contributed by atoms with E-state index in [0.717, 1.165) is 0 Å². The van der Waals surface area contributed by atoms with Crippen molar-refractivity contribution in [2.24, 2.45) is 5.41 Å². The zero-order valence-corrected chi connectivity index (χ0v) is 16.8. The summed E-state index contributed by atoms with van der Waals surface area (Å²) in [6.45, 7) is 12.5. The molecule has 0 saturated heterocycles. The van der Waals surface area contributed by atoms with Crippen molar-refractivity contribution < 1.29 is 38.1 Å². The van der Waals surface area contributed by atoms with Crippen LogP contribution in [0.25, 0.3) is 0 Å². The Balaban J connectivity index is 6.12. The molecule has 26 heavy (non-hydrogen) atoms. The van der Waals surface area contributed by atoms with Crippen LogP contribution >= 0.6 is 0 Å². The number of rotatable bonds is 9. The van der Waals surface area contributed by atoms with Crippen molar-refractivity contribution in [2.75, 3.05) is 0 Å². The number of hydrogen-bond donors (Lipinski definition) is 0. The van der Waals surface area contributed by atoms with Crippen LogP contribution < -0.4 is 0 Å². The van der Waals surface area contributed by atoms with Crippen molar-refractivity contribution in [2.45, 2.75) is 86.2 Å². The molecular formula is C18H30O8. The highest BCUT2D eigenvalue weighted by molar-refractivity contribution is 6.19. The third kappa shape index (κ3) is 7.01. The van der Waals surface area contributed by atoms with E-state index in [1.165, 1.54) is 0 Å². The van der Waals surface area contributed by atoms with Gasteiger partial charge in [0.25, 0.3) is 5.41 Å². The third-order valence-corrected chi connectivity index (χ3v) is 2.85. The van der Waals surface area contributed by atoms with Gasteiger partial charge in [0.2, 0.25) is 0 Å². The number of carbonyl (C=O) groups excluding carboxylic acids is 4. The molecule has 0 aromatic heterocycles. The first-order chi connectivity index (χ1) is 11.8. The zero-order valence-electron chi connectivity index (χ0n) is 16.8. The summed E-state index contributed by atoms with van der Waals surface area (Å²) in [5, 5.41) is 0. The van der Waals surface area contributed by atoms with Crippen LogP contribution in [0.15, 0.2) is 0 Å². The Morgan fingerprint density at radius 3 is 1.08 bits per heavy atom. The van der Waals surface area contributed by atoms with Crippen LogP contribution in [0.1, 0.15) is 61.8 Å². The number of carbonyl (C=O) groups is 4. The number of hydrogen-bond acceptors (Lipinski definition) is 8. The van der Waals surface area contributed by atoms with Gasteiger partial charge < -0.3 is 18.9 Å². The van der Waals surface area contributed by atoms with E-state index in [1.54, 1.807) is 55.4 Å². The lowest BCUT2D eigenvalue weighted by molar-refractivity contribution is -0.193. The average Bonchev–Trinajstić information content (AvgIpc) is 2.40. The normalized spacial score (nSPS) is 11.7. The molecule has 0 aromatic carbocycles. The minimum Gasteiger partial charge on any atom is -0.463 e. The summed E-state index contributed by atoms with van der Waals surface area (Å²) in [6.07, 6.45) is -3.23. The molecule has 0 unspecified atom stereocenters. The van der Waals surface area contributed by atoms with Crippen LogP contribution in [0.2, 0.25) is 0 Å². The molecule has 0 saturated carbocycles. The smallest absolute Gasteiger partial charge is 0.336 e. The largest absolute Gasteiger partial charge is 0.463 e. The Morgan fingerprint density at radius 2 is 0.846 bits per heavy atom. The summed E-state index contributed by atoms with van der Waals surface area (Å²) in [5.41, 5.74) is -2.58. The molecule has 0 N–H and O–H groups in total. The molecule has 0 heterocycles. The monoisotopic (exact) mass is 374 g/mol. The fourth-order valence-electron chi connectivity index (χ4n) is 1.93. The van der Waals surface area contributed by atoms with E-state index in [2.05, 4.69) is 0 Å². The molecule has 0 amide bonds. The molecule has 0 bridgehead atoms. The van der Waals surface area contributed by atoms with Gasteiger partial charge in [0, 0.05) is 0 Å². The van der Waals surface area contributed by atoms with Gasteiger partial charge in [-0.2, -0.15) is 0 Å². The minimum absolute atomic E-state index is 0.497. The summed E-state index contributed by atoms with van der Waals surface area (Å²) < 4.78 is 20.2. The van der Waals surface area contributed by atoms with Crippen molar-refractivity contribution in [1.82, 2.24) is 0 Å². The number of esters is 4. The lowest BCUT2D eigenvalue weighted by Crippen LogP contribution is -2.52. The van der Waals surface area contributed by atoms with Gasteiger partial charge in [0.1, 0.15) is 0 Å². The molecule has 8 nitrogen and oxygen atoms in total. The lowest BCUT2D eigenvalue weighted by atomic mass is 9.84. The van der Waals surface area contributed by atoms with Gasteiger partial charge in [-0.15, -0.1) is 0 Å². The molecule has 8 heteroatoms. The SMILES string of the molecule is CC(C)OC(=O)CC(C(=O)OC(C)C)(C(=O)OC(C)C)C(=O)OC(C)C. The van der Waals surface area contributed by atoms with Crippen molar-refractivity contribution >= 4 is 23.9 Å². The average molecular weight is 374 g/mol. The molecule has 0 aliphatic heterocycles. The Morgan fingerprint density at radius 1 is 0.577 bits per heavy atom. The Hall–Kier alpha value is -2.12. The summed E-state index contributed by atoms with van der Waals surface area (Å²) in [7, 11) is 0. The van der Waals surface area contributed by atoms with Crippen LogP contribution in [0.4, 0.5) is 0 Å². The highest BCUT2D eigenvalue weighted by Gasteiger charge is 2.60. The second-order valence-corrected chi connectivity index (χ2v) is 6.98. The molecule has 0 rings (SSSR count). The quantitative estimate of drug-likeness (QED) is 0.343. The molecule has 0 aromatic rings. The lowest BCUT2D eigenvalue weighted by Gasteiger charge is -2.29. The van der Waals surface area contributed by atoms with Crippen LogP contribution in [0.3, 0.4) is 0 Å². The topological polar surface area (TPSA) is 105 Å². The fourth-order valence-corrected chi connectivity index (χ4v) is 1.93. The van der Waals surface area contributed by atoms with E-state index in [1.807, 2.05) is 0 Å². The fraction of sp³-hybridized carbons (Fsp3) is 0.778. The van der Waals surface area contributed by atoms with Gasteiger partial charge in [-0.3, -0.25) is 19.2 Å². The second-order valence-electron chi connectivity index (χ2n) is 6.98. The molecule has 150 valence electrons. The van der Waals surface area contributed by atoms with Gasteiger partial charge in [-0.25, -0.2) is 0 Å². The predicted octanol–water partition coefficient (Wildman–Crippen LogP) is 2.17. The Kier molecular flexibility index (Phi) is 9.31. The molecule has 0 spiro atoms. The van der Waals surface area contributed by atoms with Gasteiger partial charge >= 0.3 is 23.9 Å². The van der Waals surface area contributed by atoms with Crippen LogP contribution in [0, 0.1) is 5.41 Å². The summed E-state index contributed by atoms with van der Waals surface area (Å²) in [5.74, 6) is -4.53. The standard InChI is InChI=1S/C18H30O8/c1-10(2)23-14(19)9-18(15(20)24-11(3)4,16(21)25-12(5)6)17(22)26-13(7)8/h10-13H,9H2,1-8H3. The van der Waals surface area contributed by atoms with E-state index >= 15 is 0 Å². The summed E-state index contributed by atoms with van der Waals surface area (Å²) in [4.78, 5) is 50.3. The predicted molar refractivity (Wildman–Crippen MR) is 92.0 cm³/mol. The second kappa shape index (κ2) is 10.1. The highest BCUT2D eigenvalue weighted by atomic mass is 16.6. The molecule has 0 atom stereocenters. The van der Waals surface area contributed by atoms with Crippen molar-refractivity contribution in [3.63, 3.8) is 0 Å². The molecule has 0 aliphatic rings. The number of ether oxygens (including phenoxy) is 4. The molecule has 0 aliphatic carbocycles. The summed E-state index contributed by atoms with van der Waals surface area (Å²) >= 11 is 0. The van der Waals surface area contributed by atoms with Crippen molar-refractivity contribution in [3.05, 3.63) is 0 Å². The van der Waals surface area contributed by atoms with E-state index in [-0.39, 0.29) is 0 Å². The van der Waals surface area contributed by atoms with E-state index in [9.17, 15) is 19.2 Å². The maximum Gasteiger partial charge on any atom is 0.336 e. The Labute approximate surface area is 154 Å². The third-order valence-electron chi connectivity index (χ3n) is 2.85. The Bertz CT molecular complexity index is 464. The highest BCUT2D eigenvalue weighted by Crippen LogP contribution is 2.31. The van der Waals surface area contributed by atoms with Crippen LogP contribution in [-0.4, -0.2) is 48.3 Å². The summed E-state index contributed by atoms with van der Waals surface area (Å²) in [6, 6.07) is 0. The van der Waals surface area contributed by atoms with E-state index in [4.69, 9.17) is 18.9 Å². The maximum absolute atomic E-state index is 12.7. The van der Waals surface area contributed by atoms with Gasteiger partial charge in [-0.1, -0.05) is 0 Å². The van der Waals surface area contributed by atoms with Crippen molar-refractivity contribution in [3.8, 4) is 0 Å². The van der Waals surface area contributed by atoms with E-state index in [0.29, 0.717) is 0 Å². The first kappa shape index (κ1) is 23.9. The van der Waals surface area contributed by atoms with Crippen LogP contribution in [0.5, 0.6) is 0 Å². The zero-order chi connectivity index (χ0) is 20.7. The van der Waals surface area contributed by atoms with Crippen LogP contribution in [-0.2, 0) is 38.1 Å². The molecule has 0 radical (unpaired) electrons. The first-order valence-electron chi connectivity index (χ1n) is 8.65. The van der Waals surface area contributed by atoms with Gasteiger partial charge in [0.05, 0.1) is 30.8 Å².